The fraction of sp³-hybridized carbons (Fsp3) is 0.556. The van der Waals surface area contributed by atoms with E-state index >= 15 is 0 Å². The molecule has 4 nitrogen and oxygen atoms in total. The summed E-state index contributed by atoms with van der Waals surface area (Å²) in [6.45, 7) is 3.39. The van der Waals surface area contributed by atoms with E-state index in [1.807, 2.05) is 18.6 Å². The highest BCUT2D eigenvalue weighted by Crippen LogP contribution is 2.32. The van der Waals surface area contributed by atoms with Crippen molar-refractivity contribution in [2.45, 2.75) is 44.6 Å². The van der Waals surface area contributed by atoms with E-state index in [-0.39, 0.29) is 0 Å². The molecular formula is C18H24N4. The Morgan fingerprint density at radius 1 is 1.05 bits per heavy atom. The lowest BCUT2D eigenvalue weighted by Crippen LogP contribution is -2.35. The van der Waals surface area contributed by atoms with Gasteiger partial charge < -0.3 is 9.47 Å². The van der Waals surface area contributed by atoms with Crippen LogP contribution in [0.5, 0.6) is 0 Å². The Morgan fingerprint density at radius 3 is 2.68 bits per heavy atom. The largest absolute Gasteiger partial charge is 0.371 e. The molecule has 2 aliphatic rings. The summed E-state index contributed by atoms with van der Waals surface area (Å²) in [6, 6.07) is 4.23. The number of piperidine rings is 1. The van der Waals surface area contributed by atoms with Crippen molar-refractivity contribution >= 4 is 5.69 Å². The Bertz CT molecular complexity index is 603. The number of imidazole rings is 1. The van der Waals surface area contributed by atoms with E-state index in [0.29, 0.717) is 5.92 Å². The van der Waals surface area contributed by atoms with Crippen LogP contribution in [0.3, 0.4) is 0 Å². The number of hydrogen-bond donors (Lipinski definition) is 0. The summed E-state index contributed by atoms with van der Waals surface area (Å²) in [7, 11) is 0. The number of pyridine rings is 1. The summed E-state index contributed by atoms with van der Waals surface area (Å²) in [5.74, 6) is 2.73. The fourth-order valence-corrected chi connectivity index (χ4v) is 3.77. The number of anilines is 1. The predicted octanol–water partition coefficient (Wildman–Crippen LogP) is 3.46. The Morgan fingerprint density at radius 2 is 1.91 bits per heavy atom. The molecule has 1 atom stereocenters. The zero-order chi connectivity index (χ0) is 14.8. The molecule has 1 aliphatic heterocycles. The van der Waals surface area contributed by atoms with Crippen molar-refractivity contribution in [3.63, 3.8) is 0 Å². The molecule has 22 heavy (non-hydrogen) atoms. The highest BCUT2D eigenvalue weighted by atomic mass is 15.2. The molecule has 0 N–H and O–H groups in total. The first-order valence-electron chi connectivity index (χ1n) is 8.56. The van der Waals surface area contributed by atoms with Crippen LogP contribution in [-0.4, -0.2) is 27.6 Å². The van der Waals surface area contributed by atoms with Crippen LogP contribution in [0, 0.1) is 5.92 Å². The molecule has 1 saturated heterocycles. The van der Waals surface area contributed by atoms with E-state index in [2.05, 4.69) is 32.8 Å². The molecule has 4 heteroatoms. The second kappa shape index (κ2) is 6.11. The first-order valence-corrected chi connectivity index (χ1v) is 8.56. The van der Waals surface area contributed by atoms with Crippen LogP contribution in [0.2, 0.25) is 0 Å². The zero-order valence-electron chi connectivity index (χ0n) is 13.1. The maximum atomic E-state index is 4.70. The second-order valence-corrected chi connectivity index (χ2v) is 6.73. The van der Waals surface area contributed by atoms with Gasteiger partial charge in [-0.3, -0.25) is 4.98 Å². The topological polar surface area (TPSA) is 34.0 Å². The minimum absolute atomic E-state index is 0.553. The summed E-state index contributed by atoms with van der Waals surface area (Å²) in [5, 5.41) is 0. The molecule has 1 aliphatic carbocycles. The zero-order valence-corrected chi connectivity index (χ0v) is 13.1. The van der Waals surface area contributed by atoms with Crippen LogP contribution in [-0.2, 0) is 6.54 Å². The van der Waals surface area contributed by atoms with Crippen molar-refractivity contribution in [3.8, 4) is 0 Å². The third-order valence-electron chi connectivity index (χ3n) is 5.24. The van der Waals surface area contributed by atoms with Crippen molar-refractivity contribution in [3.05, 3.63) is 42.7 Å². The molecule has 0 aromatic carbocycles. The van der Waals surface area contributed by atoms with Crippen LogP contribution in [0.1, 0.15) is 43.8 Å². The normalized spacial score (nSPS) is 22.5. The Kier molecular flexibility index (Phi) is 3.83. The van der Waals surface area contributed by atoms with E-state index in [9.17, 15) is 0 Å². The smallest absolute Gasteiger partial charge is 0.113 e. The van der Waals surface area contributed by atoms with Crippen molar-refractivity contribution in [2.24, 2.45) is 5.92 Å². The molecular weight excluding hydrogens is 272 g/mol. The first-order chi connectivity index (χ1) is 10.9. The fourth-order valence-electron chi connectivity index (χ4n) is 3.77. The summed E-state index contributed by atoms with van der Waals surface area (Å²) in [4.78, 5) is 11.3. The summed E-state index contributed by atoms with van der Waals surface area (Å²) in [6.07, 6.45) is 14.6. The first kappa shape index (κ1) is 13.8. The standard InChI is InChI=1S/C18H24N4/c1-3-15(4-1)13-22-12-10-20-18(22)16-5-2-11-21(14-16)17-6-8-19-9-7-17/h6-10,12,15-16H,1-5,11,13-14H2/t16-/m0/s1. The van der Waals surface area contributed by atoms with Gasteiger partial charge in [0.1, 0.15) is 5.82 Å². The van der Waals surface area contributed by atoms with Gasteiger partial charge in [-0.25, -0.2) is 4.98 Å². The Labute approximate surface area is 132 Å². The highest BCUT2D eigenvalue weighted by molar-refractivity contribution is 5.45. The van der Waals surface area contributed by atoms with Crippen LogP contribution in [0.25, 0.3) is 0 Å². The van der Waals surface area contributed by atoms with E-state index in [0.717, 1.165) is 19.0 Å². The Balaban J connectivity index is 1.49. The molecule has 116 valence electrons. The second-order valence-electron chi connectivity index (χ2n) is 6.73. The number of nitrogens with zero attached hydrogens (tertiary/aromatic N) is 4. The molecule has 2 aromatic heterocycles. The molecule has 0 spiro atoms. The van der Waals surface area contributed by atoms with Crippen LogP contribution in [0.15, 0.2) is 36.9 Å². The summed E-state index contributed by atoms with van der Waals surface area (Å²) >= 11 is 0. The van der Waals surface area contributed by atoms with Gasteiger partial charge in [-0.2, -0.15) is 0 Å². The number of hydrogen-bond acceptors (Lipinski definition) is 3. The van der Waals surface area contributed by atoms with Crippen molar-refractivity contribution in [1.29, 1.82) is 0 Å². The average Bonchev–Trinajstić information content (AvgIpc) is 3.00. The molecule has 1 saturated carbocycles. The van der Waals surface area contributed by atoms with Gasteiger partial charge in [0.15, 0.2) is 0 Å². The van der Waals surface area contributed by atoms with Gasteiger partial charge in [0.25, 0.3) is 0 Å². The van der Waals surface area contributed by atoms with Crippen molar-refractivity contribution < 1.29 is 0 Å². The van der Waals surface area contributed by atoms with E-state index in [1.165, 1.54) is 50.2 Å². The molecule has 2 fully saturated rings. The van der Waals surface area contributed by atoms with E-state index in [1.54, 1.807) is 0 Å². The van der Waals surface area contributed by atoms with Gasteiger partial charge in [-0.15, -0.1) is 0 Å². The van der Waals surface area contributed by atoms with E-state index in [4.69, 9.17) is 4.98 Å². The average molecular weight is 296 g/mol. The quantitative estimate of drug-likeness (QED) is 0.866. The van der Waals surface area contributed by atoms with Gasteiger partial charge in [0, 0.05) is 56.0 Å². The molecule has 4 rings (SSSR count). The molecule has 0 radical (unpaired) electrons. The Hall–Kier alpha value is -1.84. The molecule has 3 heterocycles. The van der Waals surface area contributed by atoms with Crippen LogP contribution in [0.4, 0.5) is 5.69 Å². The van der Waals surface area contributed by atoms with Crippen molar-refractivity contribution in [1.82, 2.24) is 14.5 Å². The summed E-state index contributed by atoms with van der Waals surface area (Å²) in [5.41, 5.74) is 1.29. The molecule has 0 amide bonds. The minimum Gasteiger partial charge on any atom is -0.371 e. The molecule has 2 aromatic rings. The third kappa shape index (κ3) is 2.74. The number of aromatic nitrogens is 3. The third-order valence-corrected chi connectivity index (χ3v) is 5.24. The lowest BCUT2D eigenvalue weighted by Gasteiger charge is -2.35. The number of rotatable bonds is 4. The van der Waals surface area contributed by atoms with Gasteiger partial charge in [0.05, 0.1) is 0 Å². The van der Waals surface area contributed by atoms with Gasteiger partial charge in [0.2, 0.25) is 0 Å². The predicted molar refractivity (Wildman–Crippen MR) is 88.0 cm³/mol. The lowest BCUT2D eigenvalue weighted by atomic mass is 9.85. The van der Waals surface area contributed by atoms with Gasteiger partial charge >= 0.3 is 0 Å². The maximum absolute atomic E-state index is 4.70. The van der Waals surface area contributed by atoms with Crippen molar-refractivity contribution in [2.75, 3.05) is 18.0 Å². The van der Waals surface area contributed by atoms with Gasteiger partial charge in [-0.05, 0) is 43.7 Å². The molecule has 0 bridgehead atoms. The SMILES string of the molecule is c1cc(N2CCC[C@H](c3nccn3CC3CCC3)C2)ccn1. The molecule has 0 unspecified atom stereocenters. The highest BCUT2D eigenvalue weighted by Gasteiger charge is 2.26. The maximum Gasteiger partial charge on any atom is 0.113 e. The van der Waals surface area contributed by atoms with Crippen LogP contribution >= 0.6 is 0 Å². The minimum atomic E-state index is 0.553. The summed E-state index contributed by atoms with van der Waals surface area (Å²) < 4.78 is 2.42. The van der Waals surface area contributed by atoms with Gasteiger partial charge in [-0.1, -0.05) is 6.42 Å². The monoisotopic (exact) mass is 296 g/mol. The lowest BCUT2D eigenvalue weighted by molar-refractivity contribution is 0.270. The van der Waals surface area contributed by atoms with E-state index < -0.39 is 0 Å². The van der Waals surface area contributed by atoms with Crippen LogP contribution < -0.4 is 4.90 Å².